The van der Waals surface area contributed by atoms with Crippen LogP contribution in [-0.2, 0) is 6.54 Å². The molecule has 0 aliphatic heterocycles. The largest absolute Gasteiger partial charge is 0.336 e. The van der Waals surface area contributed by atoms with E-state index < -0.39 is 6.03 Å². The molecule has 2 aromatic rings. The van der Waals surface area contributed by atoms with Crippen molar-refractivity contribution in [1.82, 2.24) is 14.9 Å². The summed E-state index contributed by atoms with van der Waals surface area (Å²) in [5.74, 6) is 0. The number of carbonyl (C=O) groups excluding carboxylic acids is 1. The molecule has 2 rings (SSSR count). The van der Waals surface area contributed by atoms with Gasteiger partial charge in [-0.25, -0.2) is 9.78 Å². The van der Waals surface area contributed by atoms with E-state index in [2.05, 4.69) is 15.6 Å². The van der Waals surface area contributed by atoms with Crippen molar-refractivity contribution < 1.29 is 4.79 Å². The molecule has 0 aliphatic carbocycles. The lowest BCUT2D eigenvalue weighted by molar-refractivity contribution is 0.251. The van der Waals surface area contributed by atoms with Crippen LogP contribution in [0.3, 0.4) is 0 Å². The number of aryl methyl sites for hydroxylation is 1. The monoisotopic (exact) mass is 354 g/mol. The van der Waals surface area contributed by atoms with Crippen LogP contribution in [0.1, 0.15) is 11.3 Å². The summed E-state index contributed by atoms with van der Waals surface area (Å²) in [4.78, 5) is 27.9. The highest BCUT2D eigenvalue weighted by Crippen LogP contribution is 2.24. The predicted molar refractivity (Wildman–Crippen MR) is 91.5 cm³/mol. The van der Waals surface area contributed by atoms with E-state index in [1.807, 2.05) is 0 Å². The average molecular weight is 355 g/mol. The molecule has 0 bridgehead atoms. The van der Waals surface area contributed by atoms with Crippen molar-refractivity contribution in [2.24, 2.45) is 0 Å². The topological polar surface area (TPSA) is 76.0 Å². The van der Waals surface area contributed by atoms with Crippen LogP contribution in [0.25, 0.3) is 0 Å². The van der Waals surface area contributed by atoms with E-state index in [9.17, 15) is 9.59 Å². The van der Waals surface area contributed by atoms with Crippen molar-refractivity contribution in [3.05, 3.63) is 56.2 Å². The molecule has 6 nitrogen and oxygen atoms in total. The van der Waals surface area contributed by atoms with Gasteiger partial charge < -0.3 is 10.6 Å². The average Bonchev–Trinajstić information content (AvgIpc) is 2.51. The molecular formula is C15H16Cl2N4O2. The molecule has 1 heterocycles. The van der Waals surface area contributed by atoms with Gasteiger partial charge in [0.25, 0.3) is 5.56 Å². The summed E-state index contributed by atoms with van der Waals surface area (Å²) < 4.78 is 1.46. The standard InChI is InChI=1S/C15H16Cl2N4O2/c1-9-10(2)19-8-21(14(9)22)6-5-18-15(23)20-11-3-4-12(16)13(17)7-11/h3-4,7-8H,5-6H2,1-2H3,(H2,18,20,23). The predicted octanol–water partition coefficient (Wildman–Crippen LogP) is 2.99. The highest BCUT2D eigenvalue weighted by Gasteiger charge is 2.06. The van der Waals surface area contributed by atoms with Crippen molar-refractivity contribution in [2.45, 2.75) is 20.4 Å². The van der Waals surface area contributed by atoms with Crippen LogP contribution in [0, 0.1) is 13.8 Å². The fourth-order valence-corrected chi connectivity index (χ4v) is 2.17. The van der Waals surface area contributed by atoms with Gasteiger partial charge in [0.05, 0.1) is 16.4 Å². The Labute approximate surface area is 143 Å². The van der Waals surface area contributed by atoms with E-state index >= 15 is 0 Å². The Morgan fingerprint density at radius 1 is 1.26 bits per heavy atom. The molecule has 0 spiro atoms. The maximum atomic E-state index is 12.0. The number of benzene rings is 1. The van der Waals surface area contributed by atoms with Crippen LogP contribution >= 0.6 is 23.2 Å². The molecule has 0 radical (unpaired) electrons. The van der Waals surface area contributed by atoms with Crippen LogP contribution < -0.4 is 16.2 Å². The SMILES string of the molecule is Cc1ncn(CCNC(=O)Nc2ccc(Cl)c(Cl)c2)c(=O)c1C. The Bertz CT molecular complexity index is 790. The number of aromatic nitrogens is 2. The van der Waals surface area contributed by atoms with Gasteiger partial charge in [0, 0.05) is 30.0 Å². The van der Waals surface area contributed by atoms with Crippen LogP contribution in [-0.4, -0.2) is 22.1 Å². The molecule has 2 N–H and O–H groups in total. The quantitative estimate of drug-likeness (QED) is 0.885. The number of nitrogens with zero attached hydrogens (tertiary/aromatic N) is 2. The third-order valence-electron chi connectivity index (χ3n) is 3.33. The number of hydrogen-bond donors (Lipinski definition) is 2. The highest BCUT2D eigenvalue weighted by molar-refractivity contribution is 6.42. The summed E-state index contributed by atoms with van der Waals surface area (Å²) in [7, 11) is 0. The minimum atomic E-state index is -0.395. The van der Waals surface area contributed by atoms with Crippen molar-refractivity contribution in [1.29, 1.82) is 0 Å². The number of hydrogen-bond acceptors (Lipinski definition) is 3. The summed E-state index contributed by atoms with van der Waals surface area (Å²) in [6.07, 6.45) is 1.48. The summed E-state index contributed by atoms with van der Waals surface area (Å²) in [5.41, 5.74) is 1.73. The van der Waals surface area contributed by atoms with Gasteiger partial charge >= 0.3 is 6.03 Å². The zero-order valence-corrected chi connectivity index (χ0v) is 14.2. The Morgan fingerprint density at radius 2 is 2.00 bits per heavy atom. The van der Waals surface area contributed by atoms with Gasteiger partial charge in [-0.2, -0.15) is 0 Å². The zero-order chi connectivity index (χ0) is 17.0. The van der Waals surface area contributed by atoms with Crippen LogP contribution in [0.5, 0.6) is 0 Å². The lowest BCUT2D eigenvalue weighted by atomic mass is 10.3. The van der Waals surface area contributed by atoms with Crippen LogP contribution in [0.4, 0.5) is 10.5 Å². The third-order valence-corrected chi connectivity index (χ3v) is 4.07. The summed E-state index contributed by atoms with van der Waals surface area (Å²) in [6.45, 7) is 4.13. The lowest BCUT2D eigenvalue weighted by Crippen LogP contribution is -2.34. The van der Waals surface area contributed by atoms with E-state index in [1.54, 1.807) is 32.0 Å². The molecule has 0 fully saturated rings. The first-order valence-corrected chi connectivity index (χ1v) is 7.66. The molecule has 0 saturated carbocycles. The number of urea groups is 1. The second-order valence-corrected chi connectivity index (χ2v) is 5.78. The van der Waals surface area contributed by atoms with Crippen LogP contribution in [0.15, 0.2) is 29.3 Å². The van der Waals surface area contributed by atoms with Gasteiger partial charge in [-0.05, 0) is 32.0 Å². The number of rotatable bonds is 4. The number of amides is 2. The van der Waals surface area contributed by atoms with Gasteiger partial charge in [-0.1, -0.05) is 23.2 Å². The first-order chi connectivity index (χ1) is 10.9. The van der Waals surface area contributed by atoms with Gasteiger partial charge in [0.1, 0.15) is 0 Å². The summed E-state index contributed by atoms with van der Waals surface area (Å²) in [6, 6.07) is 4.40. The minimum absolute atomic E-state index is 0.107. The smallest absolute Gasteiger partial charge is 0.319 e. The molecule has 2 amide bonds. The van der Waals surface area contributed by atoms with Crippen LogP contribution in [0.2, 0.25) is 10.0 Å². The molecule has 8 heteroatoms. The fraction of sp³-hybridized carbons (Fsp3) is 0.267. The molecule has 0 atom stereocenters. The summed E-state index contributed by atoms with van der Waals surface area (Å²) in [5, 5.41) is 6.07. The fourth-order valence-electron chi connectivity index (χ4n) is 1.87. The minimum Gasteiger partial charge on any atom is -0.336 e. The second kappa shape index (κ2) is 7.48. The molecule has 122 valence electrons. The van der Waals surface area contributed by atoms with Crippen molar-refractivity contribution in [3.63, 3.8) is 0 Å². The van der Waals surface area contributed by atoms with E-state index in [0.717, 1.165) is 0 Å². The van der Waals surface area contributed by atoms with Gasteiger partial charge in [0.15, 0.2) is 0 Å². The molecule has 0 unspecified atom stereocenters. The summed E-state index contributed by atoms with van der Waals surface area (Å²) >= 11 is 11.7. The van der Waals surface area contributed by atoms with Crippen molar-refractivity contribution in [2.75, 3.05) is 11.9 Å². The van der Waals surface area contributed by atoms with Gasteiger partial charge in [-0.3, -0.25) is 9.36 Å². The van der Waals surface area contributed by atoms with E-state index in [1.165, 1.54) is 10.9 Å². The number of halogens is 2. The normalized spacial score (nSPS) is 10.4. The zero-order valence-electron chi connectivity index (χ0n) is 12.7. The molecule has 0 aliphatic rings. The molecular weight excluding hydrogens is 339 g/mol. The van der Waals surface area contributed by atoms with Gasteiger partial charge in [0.2, 0.25) is 0 Å². The van der Waals surface area contributed by atoms with Gasteiger partial charge in [-0.15, -0.1) is 0 Å². The lowest BCUT2D eigenvalue weighted by Gasteiger charge is -2.10. The molecule has 1 aromatic heterocycles. The maximum Gasteiger partial charge on any atom is 0.319 e. The number of anilines is 1. The number of nitrogens with one attached hydrogen (secondary N) is 2. The maximum absolute atomic E-state index is 12.0. The Morgan fingerprint density at radius 3 is 2.70 bits per heavy atom. The van der Waals surface area contributed by atoms with E-state index in [0.29, 0.717) is 33.5 Å². The Balaban J connectivity index is 1.89. The first-order valence-electron chi connectivity index (χ1n) is 6.91. The van der Waals surface area contributed by atoms with E-state index in [4.69, 9.17) is 23.2 Å². The first kappa shape index (κ1) is 17.3. The highest BCUT2D eigenvalue weighted by atomic mass is 35.5. The third kappa shape index (κ3) is 4.46. The Hall–Kier alpha value is -2.05. The Kier molecular flexibility index (Phi) is 5.63. The molecule has 23 heavy (non-hydrogen) atoms. The molecule has 0 saturated heterocycles. The number of carbonyl (C=O) groups is 1. The van der Waals surface area contributed by atoms with E-state index in [-0.39, 0.29) is 12.1 Å². The van der Waals surface area contributed by atoms with Crippen molar-refractivity contribution >= 4 is 34.9 Å². The second-order valence-electron chi connectivity index (χ2n) is 4.96. The molecule has 1 aromatic carbocycles. The van der Waals surface area contributed by atoms with Crippen molar-refractivity contribution in [3.8, 4) is 0 Å².